The largest absolute Gasteiger partial charge is 0.496 e. The van der Waals surface area contributed by atoms with Gasteiger partial charge in [0.2, 0.25) is 5.91 Å². The second kappa shape index (κ2) is 6.78. The maximum atomic E-state index is 11.8. The first-order chi connectivity index (χ1) is 8.93. The van der Waals surface area contributed by atoms with E-state index in [1.165, 1.54) is 0 Å². The first kappa shape index (κ1) is 15.0. The van der Waals surface area contributed by atoms with Crippen molar-refractivity contribution in [1.82, 2.24) is 5.32 Å². The number of ether oxygens (including phenoxy) is 1. The van der Waals surface area contributed by atoms with E-state index >= 15 is 0 Å². The zero-order valence-electron chi connectivity index (χ0n) is 11.4. The molecule has 5 heteroatoms. The van der Waals surface area contributed by atoms with E-state index < -0.39 is 11.9 Å². The Labute approximate surface area is 112 Å². The van der Waals surface area contributed by atoms with Crippen molar-refractivity contribution < 1.29 is 19.4 Å². The minimum Gasteiger partial charge on any atom is -0.496 e. The van der Waals surface area contributed by atoms with Crippen LogP contribution in [0.4, 0.5) is 0 Å². The summed E-state index contributed by atoms with van der Waals surface area (Å²) >= 11 is 0. The maximum absolute atomic E-state index is 11.8. The van der Waals surface area contributed by atoms with Crippen LogP contribution in [0.5, 0.6) is 5.75 Å². The standard InChI is InChI=1S/C14H19NO4/c1-9-4-5-12(19-3)11(6-9)7-13(16)15-8-10(2)14(17)18/h4-6,10H,7-8H2,1-3H3,(H,15,16)(H,17,18). The van der Waals surface area contributed by atoms with Crippen LogP contribution < -0.4 is 10.1 Å². The topological polar surface area (TPSA) is 75.6 Å². The predicted octanol–water partition coefficient (Wildman–Crippen LogP) is 1.38. The lowest BCUT2D eigenvalue weighted by Gasteiger charge is -2.11. The zero-order valence-corrected chi connectivity index (χ0v) is 11.4. The molecule has 0 aliphatic carbocycles. The summed E-state index contributed by atoms with van der Waals surface area (Å²) in [7, 11) is 1.55. The first-order valence-corrected chi connectivity index (χ1v) is 6.07. The Bertz CT molecular complexity index is 471. The molecule has 5 nitrogen and oxygen atoms in total. The molecule has 0 saturated heterocycles. The van der Waals surface area contributed by atoms with Gasteiger partial charge in [-0.05, 0) is 13.0 Å². The summed E-state index contributed by atoms with van der Waals surface area (Å²) in [4.78, 5) is 22.4. The molecule has 1 rings (SSSR count). The van der Waals surface area contributed by atoms with E-state index in [-0.39, 0.29) is 18.9 Å². The molecule has 1 amide bonds. The molecular weight excluding hydrogens is 246 g/mol. The Morgan fingerprint density at radius 3 is 2.68 bits per heavy atom. The number of hydrogen-bond acceptors (Lipinski definition) is 3. The number of benzene rings is 1. The number of amides is 1. The van der Waals surface area contributed by atoms with Gasteiger partial charge in [0.1, 0.15) is 5.75 Å². The molecule has 0 aliphatic heterocycles. The average molecular weight is 265 g/mol. The number of aryl methyl sites for hydroxylation is 1. The van der Waals surface area contributed by atoms with Crippen LogP contribution in [0.15, 0.2) is 18.2 Å². The monoisotopic (exact) mass is 265 g/mol. The quantitative estimate of drug-likeness (QED) is 0.815. The van der Waals surface area contributed by atoms with Crippen LogP contribution in [0.2, 0.25) is 0 Å². The van der Waals surface area contributed by atoms with Crippen LogP contribution in [-0.2, 0) is 16.0 Å². The Kier molecular flexibility index (Phi) is 5.36. The van der Waals surface area contributed by atoms with Crippen molar-refractivity contribution in [1.29, 1.82) is 0 Å². The highest BCUT2D eigenvalue weighted by atomic mass is 16.5. The van der Waals surface area contributed by atoms with E-state index in [4.69, 9.17) is 9.84 Å². The van der Waals surface area contributed by atoms with Gasteiger partial charge in [0.05, 0.1) is 19.4 Å². The van der Waals surface area contributed by atoms with E-state index in [1.54, 1.807) is 14.0 Å². The third-order valence-corrected chi connectivity index (χ3v) is 2.81. The molecule has 0 heterocycles. The van der Waals surface area contributed by atoms with Crippen LogP contribution in [0.25, 0.3) is 0 Å². The summed E-state index contributed by atoms with van der Waals surface area (Å²) < 4.78 is 5.19. The number of methoxy groups -OCH3 is 1. The molecule has 1 atom stereocenters. The summed E-state index contributed by atoms with van der Waals surface area (Å²) in [6.07, 6.45) is 0.178. The van der Waals surface area contributed by atoms with Gasteiger partial charge in [-0.1, -0.05) is 24.6 Å². The molecule has 0 radical (unpaired) electrons. The summed E-state index contributed by atoms with van der Waals surface area (Å²) in [5, 5.41) is 11.3. The van der Waals surface area contributed by atoms with Crippen molar-refractivity contribution in [2.75, 3.05) is 13.7 Å². The van der Waals surface area contributed by atoms with Crippen molar-refractivity contribution in [2.24, 2.45) is 5.92 Å². The van der Waals surface area contributed by atoms with Gasteiger partial charge in [-0.2, -0.15) is 0 Å². The van der Waals surface area contributed by atoms with Gasteiger partial charge in [-0.3, -0.25) is 9.59 Å². The lowest BCUT2D eigenvalue weighted by Crippen LogP contribution is -2.32. The molecule has 2 N–H and O–H groups in total. The van der Waals surface area contributed by atoms with Gasteiger partial charge in [-0.15, -0.1) is 0 Å². The average Bonchev–Trinajstić information content (AvgIpc) is 2.36. The smallest absolute Gasteiger partial charge is 0.308 e. The highest BCUT2D eigenvalue weighted by molar-refractivity contribution is 5.80. The van der Waals surface area contributed by atoms with E-state index in [2.05, 4.69) is 5.32 Å². The van der Waals surface area contributed by atoms with Crippen molar-refractivity contribution in [3.63, 3.8) is 0 Å². The number of carboxylic acids is 1. The summed E-state index contributed by atoms with van der Waals surface area (Å²) in [6.45, 7) is 3.62. The molecule has 0 bridgehead atoms. The second-order valence-corrected chi connectivity index (χ2v) is 4.54. The van der Waals surface area contributed by atoms with Crippen molar-refractivity contribution >= 4 is 11.9 Å². The van der Waals surface area contributed by atoms with Gasteiger partial charge in [0.25, 0.3) is 0 Å². The molecule has 1 aromatic carbocycles. The van der Waals surface area contributed by atoms with E-state index in [1.807, 2.05) is 25.1 Å². The van der Waals surface area contributed by atoms with Crippen molar-refractivity contribution in [3.8, 4) is 5.75 Å². The maximum Gasteiger partial charge on any atom is 0.308 e. The van der Waals surface area contributed by atoms with E-state index in [0.717, 1.165) is 11.1 Å². The molecule has 0 aromatic heterocycles. The van der Waals surface area contributed by atoms with Crippen molar-refractivity contribution in [2.45, 2.75) is 20.3 Å². The summed E-state index contributed by atoms with van der Waals surface area (Å²) in [5.41, 5.74) is 1.84. The minimum absolute atomic E-state index is 0.127. The molecule has 0 saturated carbocycles. The van der Waals surface area contributed by atoms with Gasteiger partial charge >= 0.3 is 5.97 Å². The fourth-order valence-corrected chi connectivity index (χ4v) is 1.64. The van der Waals surface area contributed by atoms with E-state index in [9.17, 15) is 9.59 Å². The van der Waals surface area contributed by atoms with Gasteiger partial charge in [-0.25, -0.2) is 0 Å². The van der Waals surface area contributed by atoms with Crippen LogP contribution >= 0.6 is 0 Å². The fourth-order valence-electron chi connectivity index (χ4n) is 1.64. The van der Waals surface area contributed by atoms with Crippen LogP contribution in [-0.4, -0.2) is 30.6 Å². The predicted molar refractivity (Wildman–Crippen MR) is 71.2 cm³/mol. The normalized spacial score (nSPS) is 11.7. The summed E-state index contributed by atoms with van der Waals surface area (Å²) in [5.74, 6) is -1.07. The molecule has 1 aromatic rings. The molecule has 1 unspecified atom stereocenters. The van der Waals surface area contributed by atoms with Crippen LogP contribution in [0, 0.1) is 12.8 Å². The Hall–Kier alpha value is -2.04. The SMILES string of the molecule is COc1ccc(C)cc1CC(=O)NCC(C)C(=O)O. The highest BCUT2D eigenvalue weighted by Gasteiger charge is 2.13. The molecule has 0 spiro atoms. The Morgan fingerprint density at radius 1 is 1.42 bits per heavy atom. The second-order valence-electron chi connectivity index (χ2n) is 4.54. The number of rotatable bonds is 6. The number of hydrogen-bond donors (Lipinski definition) is 2. The lowest BCUT2D eigenvalue weighted by atomic mass is 10.1. The molecule has 19 heavy (non-hydrogen) atoms. The van der Waals surface area contributed by atoms with Gasteiger partial charge < -0.3 is 15.2 Å². The molecule has 0 fully saturated rings. The third kappa shape index (κ3) is 4.62. The van der Waals surface area contributed by atoms with Gasteiger partial charge in [0, 0.05) is 12.1 Å². The summed E-state index contributed by atoms with van der Waals surface area (Å²) in [6, 6.07) is 5.61. The third-order valence-electron chi connectivity index (χ3n) is 2.81. The number of carbonyl (C=O) groups is 2. The highest BCUT2D eigenvalue weighted by Crippen LogP contribution is 2.20. The fraction of sp³-hybridized carbons (Fsp3) is 0.429. The molecule has 0 aliphatic rings. The number of carbonyl (C=O) groups excluding carboxylic acids is 1. The molecule has 104 valence electrons. The lowest BCUT2D eigenvalue weighted by molar-refractivity contribution is -0.141. The van der Waals surface area contributed by atoms with E-state index in [0.29, 0.717) is 5.75 Å². The number of carboxylic acid groups (broad SMARTS) is 1. The Morgan fingerprint density at radius 2 is 2.11 bits per heavy atom. The zero-order chi connectivity index (χ0) is 14.4. The Balaban J connectivity index is 2.62. The minimum atomic E-state index is -0.923. The number of aliphatic carboxylic acids is 1. The van der Waals surface area contributed by atoms with Crippen LogP contribution in [0.1, 0.15) is 18.1 Å². The van der Waals surface area contributed by atoms with Gasteiger partial charge in [0.15, 0.2) is 0 Å². The van der Waals surface area contributed by atoms with Crippen LogP contribution in [0.3, 0.4) is 0 Å². The van der Waals surface area contributed by atoms with Crippen molar-refractivity contribution in [3.05, 3.63) is 29.3 Å². The number of nitrogens with one attached hydrogen (secondary N) is 1. The molecular formula is C14H19NO4. The first-order valence-electron chi connectivity index (χ1n) is 6.07.